The fourth-order valence-corrected chi connectivity index (χ4v) is 1.41. The maximum Gasteiger partial charge on any atom is 0.289 e. The van der Waals surface area contributed by atoms with Gasteiger partial charge in [0, 0.05) is 20.2 Å². The molecule has 92 valence electrons. The lowest BCUT2D eigenvalue weighted by Gasteiger charge is -2.19. The van der Waals surface area contributed by atoms with Gasteiger partial charge in [-0.25, -0.2) is 0 Å². The molecule has 1 aromatic rings. The fraction of sp³-hybridized carbons (Fsp3) is 0.500. The summed E-state index contributed by atoms with van der Waals surface area (Å²) in [6, 6.07) is 5.41. The van der Waals surface area contributed by atoms with Gasteiger partial charge in [-0.3, -0.25) is 4.79 Å². The topological polar surface area (TPSA) is 66.5 Å². The SMILES string of the molecule is COCCN(CCC#N)C(=O)c1ccc(C)o1. The molecule has 0 bridgehead atoms. The monoisotopic (exact) mass is 236 g/mol. The Labute approximate surface area is 101 Å². The average molecular weight is 236 g/mol. The lowest BCUT2D eigenvalue weighted by Crippen LogP contribution is -2.34. The molecule has 0 N–H and O–H groups in total. The number of methoxy groups -OCH3 is 1. The quantitative estimate of drug-likeness (QED) is 0.752. The Kier molecular flexibility index (Phi) is 5.24. The summed E-state index contributed by atoms with van der Waals surface area (Å²) in [5.41, 5.74) is 0. The summed E-state index contributed by atoms with van der Waals surface area (Å²) in [5.74, 6) is 0.794. The summed E-state index contributed by atoms with van der Waals surface area (Å²) in [4.78, 5) is 13.6. The van der Waals surface area contributed by atoms with Crippen molar-refractivity contribution >= 4 is 5.91 Å². The molecule has 5 heteroatoms. The molecule has 1 amide bonds. The van der Waals surface area contributed by atoms with Gasteiger partial charge in [-0.15, -0.1) is 0 Å². The minimum Gasteiger partial charge on any atom is -0.456 e. The van der Waals surface area contributed by atoms with Crippen LogP contribution in [0.3, 0.4) is 0 Å². The summed E-state index contributed by atoms with van der Waals surface area (Å²) < 4.78 is 10.2. The molecule has 0 saturated carbocycles. The third-order valence-electron chi connectivity index (χ3n) is 2.30. The van der Waals surface area contributed by atoms with Crippen LogP contribution in [0.1, 0.15) is 22.7 Å². The Hall–Kier alpha value is -1.80. The highest BCUT2D eigenvalue weighted by atomic mass is 16.5. The second-order valence-corrected chi connectivity index (χ2v) is 3.60. The van der Waals surface area contributed by atoms with E-state index in [1.807, 2.05) is 6.07 Å². The number of hydrogen-bond acceptors (Lipinski definition) is 4. The Morgan fingerprint density at radius 3 is 2.82 bits per heavy atom. The Balaban J connectivity index is 2.68. The minimum absolute atomic E-state index is 0.203. The van der Waals surface area contributed by atoms with Crippen LogP contribution in [0.15, 0.2) is 16.5 Å². The van der Waals surface area contributed by atoms with Gasteiger partial charge in [0.15, 0.2) is 5.76 Å². The van der Waals surface area contributed by atoms with Gasteiger partial charge in [0.25, 0.3) is 5.91 Å². The number of rotatable bonds is 6. The maximum atomic E-state index is 12.0. The van der Waals surface area contributed by atoms with E-state index in [2.05, 4.69) is 0 Å². The third kappa shape index (κ3) is 3.93. The van der Waals surface area contributed by atoms with E-state index in [0.717, 1.165) is 0 Å². The molecule has 1 rings (SSSR count). The molecule has 1 heterocycles. The van der Waals surface area contributed by atoms with E-state index >= 15 is 0 Å². The van der Waals surface area contributed by atoms with Crippen molar-refractivity contribution in [2.75, 3.05) is 26.8 Å². The van der Waals surface area contributed by atoms with E-state index in [4.69, 9.17) is 14.4 Å². The summed E-state index contributed by atoms with van der Waals surface area (Å²) >= 11 is 0. The van der Waals surface area contributed by atoms with Gasteiger partial charge in [0.2, 0.25) is 0 Å². The first kappa shape index (κ1) is 13.3. The third-order valence-corrected chi connectivity index (χ3v) is 2.30. The molecule has 0 aliphatic heterocycles. The zero-order valence-corrected chi connectivity index (χ0v) is 10.1. The van der Waals surface area contributed by atoms with Gasteiger partial charge in [-0.2, -0.15) is 5.26 Å². The molecule has 0 aromatic carbocycles. The second kappa shape index (κ2) is 6.71. The van der Waals surface area contributed by atoms with Crippen LogP contribution in [-0.2, 0) is 4.74 Å². The summed E-state index contributed by atoms with van der Waals surface area (Å²) in [6.07, 6.45) is 0.301. The smallest absolute Gasteiger partial charge is 0.289 e. The molecular formula is C12H16N2O3. The number of furan rings is 1. The number of carbonyl (C=O) groups excluding carboxylic acids is 1. The van der Waals surface area contributed by atoms with Crippen molar-refractivity contribution in [1.29, 1.82) is 5.26 Å². The first-order valence-electron chi connectivity index (χ1n) is 5.40. The molecule has 0 radical (unpaired) electrons. The normalized spacial score (nSPS) is 9.94. The molecule has 17 heavy (non-hydrogen) atoms. The predicted octanol–water partition coefficient (Wildman–Crippen LogP) is 1.59. The molecular weight excluding hydrogens is 220 g/mol. The van der Waals surface area contributed by atoms with Gasteiger partial charge < -0.3 is 14.1 Å². The standard InChI is InChI=1S/C12H16N2O3/c1-10-4-5-11(17-10)12(15)14(7-3-6-13)8-9-16-2/h4-5H,3,7-9H2,1-2H3. The van der Waals surface area contributed by atoms with Crippen molar-refractivity contribution in [2.24, 2.45) is 0 Å². The summed E-state index contributed by atoms with van der Waals surface area (Å²) in [6.45, 7) is 3.07. The predicted molar refractivity (Wildman–Crippen MR) is 61.5 cm³/mol. The molecule has 1 aromatic heterocycles. The van der Waals surface area contributed by atoms with E-state index in [1.54, 1.807) is 31.1 Å². The van der Waals surface area contributed by atoms with Gasteiger partial charge in [-0.1, -0.05) is 0 Å². The van der Waals surface area contributed by atoms with E-state index in [-0.39, 0.29) is 5.91 Å². The molecule has 0 aliphatic rings. The van der Waals surface area contributed by atoms with Gasteiger partial charge in [-0.05, 0) is 19.1 Å². The Morgan fingerprint density at radius 2 is 2.29 bits per heavy atom. The zero-order valence-electron chi connectivity index (χ0n) is 10.1. The van der Waals surface area contributed by atoms with E-state index in [0.29, 0.717) is 37.6 Å². The van der Waals surface area contributed by atoms with Crippen molar-refractivity contribution in [3.05, 3.63) is 23.7 Å². The molecule has 0 atom stereocenters. The van der Waals surface area contributed by atoms with Crippen molar-refractivity contribution in [3.8, 4) is 6.07 Å². The zero-order chi connectivity index (χ0) is 12.7. The number of aryl methyl sites for hydroxylation is 1. The van der Waals surface area contributed by atoms with E-state index in [9.17, 15) is 4.79 Å². The van der Waals surface area contributed by atoms with Crippen molar-refractivity contribution in [1.82, 2.24) is 4.90 Å². The fourth-order valence-electron chi connectivity index (χ4n) is 1.41. The lowest BCUT2D eigenvalue weighted by molar-refractivity contribution is 0.0667. The minimum atomic E-state index is -0.203. The summed E-state index contributed by atoms with van der Waals surface area (Å²) in [7, 11) is 1.57. The highest BCUT2D eigenvalue weighted by Crippen LogP contribution is 2.10. The second-order valence-electron chi connectivity index (χ2n) is 3.60. The van der Waals surface area contributed by atoms with Gasteiger partial charge in [0.1, 0.15) is 5.76 Å². The molecule has 0 saturated heterocycles. The molecule has 0 aliphatic carbocycles. The summed E-state index contributed by atoms with van der Waals surface area (Å²) in [5, 5.41) is 8.55. The first-order valence-corrected chi connectivity index (χ1v) is 5.40. The molecule has 0 unspecified atom stereocenters. The number of ether oxygens (including phenoxy) is 1. The van der Waals surface area contributed by atoms with Crippen LogP contribution in [0.25, 0.3) is 0 Å². The number of nitrogens with zero attached hydrogens (tertiary/aromatic N) is 2. The Bertz CT molecular complexity index is 406. The lowest BCUT2D eigenvalue weighted by atomic mass is 10.3. The number of carbonyl (C=O) groups is 1. The first-order chi connectivity index (χ1) is 8.19. The van der Waals surface area contributed by atoms with Crippen LogP contribution < -0.4 is 0 Å². The van der Waals surface area contributed by atoms with E-state index in [1.165, 1.54) is 0 Å². The number of amides is 1. The van der Waals surface area contributed by atoms with Crippen LogP contribution in [0.4, 0.5) is 0 Å². The van der Waals surface area contributed by atoms with Crippen molar-refractivity contribution < 1.29 is 13.9 Å². The van der Waals surface area contributed by atoms with Crippen LogP contribution in [0.2, 0.25) is 0 Å². The molecule has 5 nitrogen and oxygen atoms in total. The van der Waals surface area contributed by atoms with Crippen LogP contribution >= 0.6 is 0 Å². The van der Waals surface area contributed by atoms with Gasteiger partial charge >= 0.3 is 0 Å². The maximum absolute atomic E-state index is 12.0. The highest BCUT2D eigenvalue weighted by molar-refractivity contribution is 5.91. The van der Waals surface area contributed by atoms with Crippen molar-refractivity contribution in [2.45, 2.75) is 13.3 Å². The largest absolute Gasteiger partial charge is 0.456 e. The van der Waals surface area contributed by atoms with Gasteiger partial charge in [0.05, 0.1) is 19.1 Å². The molecule has 0 fully saturated rings. The molecule has 0 spiro atoms. The average Bonchev–Trinajstić information content (AvgIpc) is 2.75. The number of nitriles is 1. The number of hydrogen-bond donors (Lipinski definition) is 0. The van der Waals surface area contributed by atoms with Crippen molar-refractivity contribution in [3.63, 3.8) is 0 Å². The Morgan fingerprint density at radius 1 is 1.53 bits per heavy atom. The van der Waals surface area contributed by atoms with E-state index < -0.39 is 0 Å². The van der Waals surface area contributed by atoms with Crippen LogP contribution in [0, 0.1) is 18.3 Å². The van der Waals surface area contributed by atoms with Crippen LogP contribution in [-0.4, -0.2) is 37.6 Å². The van der Waals surface area contributed by atoms with Crippen LogP contribution in [0.5, 0.6) is 0 Å². The highest BCUT2D eigenvalue weighted by Gasteiger charge is 2.18.